The normalized spacial score (nSPS) is 18.4. The molecule has 0 bridgehead atoms. The molecule has 5 amide bonds. The fraction of sp³-hybridized carbons (Fsp3) is 0.469. The van der Waals surface area contributed by atoms with Crippen LogP contribution in [-0.4, -0.2) is 108 Å². The summed E-state index contributed by atoms with van der Waals surface area (Å²) in [5.41, 5.74) is 2.79. The van der Waals surface area contributed by atoms with Crippen LogP contribution >= 0.6 is 0 Å². The number of benzene rings is 1. The number of aromatic nitrogens is 1. The molecule has 5 rings (SSSR count). The van der Waals surface area contributed by atoms with E-state index in [1.165, 1.54) is 30.2 Å². The maximum atomic E-state index is 13.7. The average molecular weight is 617 g/mol. The third kappa shape index (κ3) is 7.47. The number of pyridine rings is 1. The van der Waals surface area contributed by atoms with Gasteiger partial charge in [-0.15, -0.1) is 0 Å². The van der Waals surface area contributed by atoms with Gasteiger partial charge in [0.2, 0.25) is 23.7 Å². The number of hydrogen-bond acceptors (Lipinski definition) is 7. The Morgan fingerprint density at radius 3 is 2.44 bits per heavy atom. The summed E-state index contributed by atoms with van der Waals surface area (Å²) >= 11 is 0. The number of carbonyl (C=O) groups is 5. The Morgan fingerprint density at radius 2 is 1.76 bits per heavy atom. The third-order valence-electron chi connectivity index (χ3n) is 8.33. The molecule has 2 fully saturated rings. The number of amides is 5. The van der Waals surface area contributed by atoms with E-state index in [0.717, 1.165) is 43.4 Å². The zero-order valence-electron chi connectivity index (χ0n) is 26.0. The summed E-state index contributed by atoms with van der Waals surface area (Å²) in [5.74, 6) is -1.17. The van der Waals surface area contributed by atoms with Crippen molar-refractivity contribution in [3.05, 3.63) is 53.3 Å². The summed E-state index contributed by atoms with van der Waals surface area (Å²) in [6.45, 7) is 4.01. The van der Waals surface area contributed by atoms with E-state index in [0.29, 0.717) is 38.3 Å². The number of fused-ring (bicyclic) bond motifs is 1. The summed E-state index contributed by atoms with van der Waals surface area (Å²) in [6.07, 6.45) is 5.93. The second-order valence-corrected chi connectivity index (χ2v) is 11.8. The van der Waals surface area contributed by atoms with Crippen molar-refractivity contribution in [2.45, 2.75) is 51.5 Å². The average Bonchev–Trinajstić information content (AvgIpc) is 3.68. The molecule has 45 heavy (non-hydrogen) atoms. The lowest BCUT2D eigenvalue weighted by molar-refractivity contribution is -0.140. The minimum atomic E-state index is -0.817. The summed E-state index contributed by atoms with van der Waals surface area (Å²) in [6, 6.07) is 7.74. The van der Waals surface area contributed by atoms with Gasteiger partial charge in [-0.1, -0.05) is 6.07 Å². The standard InChI is InChI=1S/C32H40N8O5/c1-21(41)40-17-13-22-9-11-24(18-27(22)40)34-32(36-29(43)23-10-12-25(33-19-23)30(44)37(2)3)35-26-8-4-5-16-39(31(26)45)20-28(42)38-14-6-7-15-38/h9-12,18-19,26H,4-8,13-17,20H2,1-3H3,(H2,34,35,36,43)/t26-/m0/s1. The van der Waals surface area contributed by atoms with E-state index in [2.05, 4.69) is 15.6 Å². The van der Waals surface area contributed by atoms with Crippen LogP contribution < -0.4 is 15.5 Å². The van der Waals surface area contributed by atoms with Gasteiger partial charge in [0.1, 0.15) is 11.7 Å². The molecule has 2 N–H and O–H groups in total. The molecule has 238 valence electrons. The van der Waals surface area contributed by atoms with Gasteiger partial charge in [0, 0.05) is 64.8 Å². The molecule has 13 nitrogen and oxygen atoms in total. The smallest absolute Gasteiger partial charge is 0.271 e. The lowest BCUT2D eigenvalue weighted by Gasteiger charge is -2.25. The Balaban J connectivity index is 1.40. The second-order valence-electron chi connectivity index (χ2n) is 11.8. The highest BCUT2D eigenvalue weighted by Gasteiger charge is 2.31. The Kier molecular flexibility index (Phi) is 9.74. The zero-order valence-corrected chi connectivity index (χ0v) is 26.0. The van der Waals surface area contributed by atoms with Crippen molar-refractivity contribution in [2.75, 3.05) is 57.0 Å². The molecule has 0 radical (unpaired) electrons. The van der Waals surface area contributed by atoms with Crippen molar-refractivity contribution in [1.82, 2.24) is 25.0 Å². The van der Waals surface area contributed by atoms with Crippen molar-refractivity contribution in [3.63, 3.8) is 0 Å². The molecule has 2 aromatic rings. The quantitative estimate of drug-likeness (QED) is 0.372. The van der Waals surface area contributed by atoms with Crippen molar-refractivity contribution in [3.8, 4) is 0 Å². The van der Waals surface area contributed by atoms with Gasteiger partial charge < -0.3 is 24.9 Å². The van der Waals surface area contributed by atoms with Gasteiger partial charge in [-0.3, -0.25) is 34.3 Å². The molecule has 3 aliphatic heterocycles. The van der Waals surface area contributed by atoms with Crippen LogP contribution in [0.25, 0.3) is 0 Å². The predicted molar refractivity (Wildman–Crippen MR) is 169 cm³/mol. The number of nitrogens with zero attached hydrogens (tertiary/aromatic N) is 6. The number of nitrogens with one attached hydrogen (secondary N) is 2. The molecule has 2 saturated heterocycles. The third-order valence-corrected chi connectivity index (χ3v) is 8.33. The number of likely N-dealkylation sites (tertiary alicyclic amines) is 2. The van der Waals surface area contributed by atoms with Crippen molar-refractivity contribution in [2.24, 2.45) is 4.99 Å². The monoisotopic (exact) mass is 616 g/mol. The summed E-state index contributed by atoms with van der Waals surface area (Å²) in [5, 5.41) is 5.94. The first-order valence-corrected chi connectivity index (χ1v) is 15.4. The molecule has 1 aromatic heterocycles. The van der Waals surface area contributed by atoms with E-state index in [9.17, 15) is 24.0 Å². The van der Waals surface area contributed by atoms with Crippen LogP contribution in [0.4, 0.5) is 11.4 Å². The van der Waals surface area contributed by atoms with Gasteiger partial charge in [-0.25, -0.2) is 4.99 Å². The van der Waals surface area contributed by atoms with Gasteiger partial charge in [0.25, 0.3) is 11.8 Å². The second kappa shape index (κ2) is 13.9. The Bertz CT molecular complexity index is 1500. The minimum absolute atomic E-state index is 0.00929. The number of rotatable bonds is 6. The molecule has 13 heteroatoms. The SMILES string of the molecule is CC(=O)N1CCc2ccc(NC(=N[C@H]3CCCCN(CC(=O)N4CCCC4)C3=O)NC(=O)c3ccc(C(=O)N(C)C)nc3)cc21. The minimum Gasteiger partial charge on any atom is -0.343 e. The number of guanidine groups is 1. The highest BCUT2D eigenvalue weighted by Crippen LogP contribution is 2.31. The van der Waals surface area contributed by atoms with E-state index in [1.807, 2.05) is 18.2 Å². The molecule has 0 aliphatic carbocycles. The Hall–Kier alpha value is -4.81. The molecule has 1 aromatic carbocycles. The maximum Gasteiger partial charge on any atom is 0.271 e. The molecule has 0 spiro atoms. The molecule has 4 heterocycles. The van der Waals surface area contributed by atoms with Crippen LogP contribution in [0.15, 0.2) is 41.5 Å². The van der Waals surface area contributed by atoms with Gasteiger partial charge >= 0.3 is 0 Å². The van der Waals surface area contributed by atoms with E-state index in [4.69, 9.17) is 4.99 Å². The number of carbonyl (C=O) groups excluding carboxylic acids is 5. The van der Waals surface area contributed by atoms with E-state index in [1.54, 1.807) is 28.8 Å². The highest BCUT2D eigenvalue weighted by atomic mass is 16.2. The van der Waals surface area contributed by atoms with Crippen LogP contribution in [0.5, 0.6) is 0 Å². The number of hydrogen-bond donors (Lipinski definition) is 2. The number of aliphatic imine (C=N–C) groups is 1. The molecule has 1 atom stereocenters. The van der Waals surface area contributed by atoms with E-state index in [-0.39, 0.29) is 47.4 Å². The van der Waals surface area contributed by atoms with Crippen LogP contribution in [0, 0.1) is 0 Å². The molecular weight excluding hydrogens is 576 g/mol. The van der Waals surface area contributed by atoms with Crippen LogP contribution in [0.1, 0.15) is 65.4 Å². The lowest BCUT2D eigenvalue weighted by atomic mass is 10.1. The van der Waals surface area contributed by atoms with Crippen molar-refractivity contribution in [1.29, 1.82) is 0 Å². The van der Waals surface area contributed by atoms with Gasteiger partial charge in [-0.05, 0) is 68.4 Å². The van der Waals surface area contributed by atoms with Crippen molar-refractivity contribution < 1.29 is 24.0 Å². The summed E-state index contributed by atoms with van der Waals surface area (Å²) < 4.78 is 0. The lowest BCUT2D eigenvalue weighted by Crippen LogP contribution is -2.45. The van der Waals surface area contributed by atoms with Gasteiger partial charge in [0.05, 0.1) is 12.1 Å². The predicted octanol–water partition coefficient (Wildman–Crippen LogP) is 1.89. The van der Waals surface area contributed by atoms with Gasteiger partial charge in [0.15, 0.2) is 0 Å². The van der Waals surface area contributed by atoms with E-state index >= 15 is 0 Å². The Morgan fingerprint density at radius 1 is 1.00 bits per heavy atom. The Labute approximate surface area is 262 Å². The first kappa shape index (κ1) is 31.6. The largest absolute Gasteiger partial charge is 0.343 e. The first-order chi connectivity index (χ1) is 21.6. The molecular formula is C32H40N8O5. The van der Waals surface area contributed by atoms with E-state index < -0.39 is 11.9 Å². The fourth-order valence-electron chi connectivity index (χ4n) is 5.83. The van der Waals surface area contributed by atoms with Crippen LogP contribution in [0.3, 0.4) is 0 Å². The number of anilines is 2. The summed E-state index contributed by atoms with van der Waals surface area (Å²) in [4.78, 5) is 79.7. The fourth-order valence-corrected chi connectivity index (χ4v) is 5.83. The maximum absolute atomic E-state index is 13.7. The van der Waals surface area contributed by atoms with Crippen LogP contribution in [0.2, 0.25) is 0 Å². The highest BCUT2D eigenvalue weighted by molar-refractivity contribution is 6.11. The molecule has 0 unspecified atom stereocenters. The topological polar surface area (TPSA) is 148 Å². The molecule has 3 aliphatic rings. The first-order valence-electron chi connectivity index (χ1n) is 15.4. The molecule has 0 saturated carbocycles. The van der Waals surface area contributed by atoms with Gasteiger partial charge in [-0.2, -0.15) is 0 Å². The van der Waals surface area contributed by atoms with Crippen molar-refractivity contribution >= 4 is 46.9 Å². The summed E-state index contributed by atoms with van der Waals surface area (Å²) in [7, 11) is 3.23. The van der Waals surface area contributed by atoms with Crippen LogP contribution in [-0.2, 0) is 20.8 Å². The zero-order chi connectivity index (χ0) is 32.1.